The van der Waals surface area contributed by atoms with E-state index in [9.17, 15) is 0 Å². The second-order valence-corrected chi connectivity index (χ2v) is 18.8. The van der Waals surface area contributed by atoms with Crippen molar-refractivity contribution in [1.29, 1.82) is 0 Å². The second-order valence-electron chi connectivity index (χ2n) is 18.8. The Morgan fingerprint density at radius 1 is 0.382 bits per heavy atom. The number of para-hydroxylation sites is 4. The summed E-state index contributed by atoms with van der Waals surface area (Å²) in [6.45, 7) is 4.71. The number of aromatic nitrogens is 1. The van der Waals surface area contributed by atoms with Gasteiger partial charge < -0.3 is 13.9 Å². The Balaban J connectivity index is 1.02. The molecule has 320 valence electrons. The fraction of sp³-hybridized carbons (Fsp3) is 0.0462. The molecule has 13 aromatic rings. The third-order valence-corrected chi connectivity index (χ3v) is 14.8. The Morgan fingerprint density at radius 2 is 0.971 bits per heavy atom. The third-order valence-electron chi connectivity index (χ3n) is 14.8. The summed E-state index contributed by atoms with van der Waals surface area (Å²) in [7, 11) is 0. The largest absolute Gasteiger partial charge is 0.455 e. The molecule has 68 heavy (non-hydrogen) atoms. The van der Waals surface area contributed by atoms with Crippen LogP contribution in [0.25, 0.3) is 104 Å². The van der Waals surface area contributed by atoms with E-state index in [2.05, 4.69) is 254 Å². The summed E-state index contributed by atoms with van der Waals surface area (Å²) in [5, 5.41) is 9.44. The van der Waals surface area contributed by atoms with Crippen molar-refractivity contribution in [2.24, 2.45) is 0 Å². The number of rotatable bonds is 6. The Labute approximate surface area is 394 Å². The number of hydrogen-bond donors (Lipinski definition) is 0. The van der Waals surface area contributed by atoms with Crippen molar-refractivity contribution >= 4 is 82.4 Å². The van der Waals surface area contributed by atoms with Crippen molar-refractivity contribution in [3.8, 4) is 39.1 Å². The van der Waals surface area contributed by atoms with E-state index < -0.39 is 0 Å². The van der Waals surface area contributed by atoms with Crippen LogP contribution in [-0.4, -0.2) is 4.57 Å². The van der Waals surface area contributed by atoms with Gasteiger partial charge in [-0.1, -0.05) is 184 Å². The van der Waals surface area contributed by atoms with E-state index in [1.807, 2.05) is 0 Å². The van der Waals surface area contributed by atoms with E-state index in [-0.39, 0.29) is 5.41 Å². The molecule has 0 amide bonds. The first-order chi connectivity index (χ1) is 33.5. The fourth-order valence-corrected chi connectivity index (χ4v) is 11.6. The van der Waals surface area contributed by atoms with Gasteiger partial charge in [0, 0.05) is 54.8 Å². The molecule has 0 spiro atoms. The van der Waals surface area contributed by atoms with Crippen LogP contribution < -0.4 is 4.90 Å². The van der Waals surface area contributed by atoms with Crippen LogP contribution in [-0.2, 0) is 5.41 Å². The molecule has 1 aliphatic rings. The smallest absolute Gasteiger partial charge is 0.143 e. The predicted molar refractivity (Wildman–Crippen MR) is 286 cm³/mol. The average molecular weight is 869 g/mol. The van der Waals surface area contributed by atoms with Crippen LogP contribution in [0.2, 0.25) is 0 Å². The second kappa shape index (κ2) is 14.7. The van der Waals surface area contributed by atoms with Gasteiger partial charge in [-0.3, -0.25) is 0 Å². The number of fused-ring (bicyclic) bond motifs is 12. The van der Waals surface area contributed by atoms with Gasteiger partial charge in [0.1, 0.15) is 11.2 Å². The van der Waals surface area contributed by atoms with Crippen LogP contribution in [0.5, 0.6) is 0 Å². The minimum atomic E-state index is -0.0798. The minimum Gasteiger partial charge on any atom is -0.455 e. The zero-order chi connectivity index (χ0) is 45.1. The first-order valence-electron chi connectivity index (χ1n) is 23.6. The fourth-order valence-electron chi connectivity index (χ4n) is 11.6. The Hall–Kier alpha value is -8.66. The van der Waals surface area contributed by atoms with Gasteiger partial charge in [0.25, 0.3) is 0 Å². The number of nitrogens with zero attached hydrogens (tertiary/aromatic N) is 2. The minimum absolute atomic E-state index is 0.0798. The molecular formula is C65H44N2O. The molecule has 0 saturated heterocycles. The Kier molecular flexibility index (Phi) is 8.33. The third kappa shape index (κ3) is 5.66. The average Bonchev–Trinajstić information content (AvgIpc) is 4.02. The first-order valence-corrected chi connectivity index (χ1v) is 23.6. The van der Waals surface area contributed by atoms with Gasteiger partial charge in [0.2, 0.25) is 0 Å². The molecule has 14 rings (SSSR count). The van der Waals surface area contributed by atoms with Crippen LogP contribution in [0.1, 0.15) is 25.0 Å². The molecule has 3 heteroatoms. The van der Waals surface area contributed by atoms with Gasteiger partial charge in [-0.2, -0.15) is 0 Å². The van der Waals surface area contributed by atoms with E-state index >= 15 is 0 Å². The molecule has 0 fully saturated rings. The maximum atomic E-state index is 6.96. The quantitative estimate of drug-likeness (QED) is 0.155. The standard InChI is InChI=1S/C65H44N2O/c1-65(2)57-26-12-7-20-48(57)49-36-33-42(37-58(49)65)41-31-34-44(35-32-41)66(62-38-43-17-3-4-18-46(43)47-19-5-6-21-50(47)62)45-39-55(64-56(40-45)54-25-11-16-30-63(54)68-64)53-24-10-15-29-61(53)67-59-27-13-8-22-51(59)52-23-9-14-28-60(52)67/h3-40H,1-2H3. The summed E-state index contributed by atoms with van der Waals surface area (Å²) in [4.78, 5) is 2.47. The van der Waals surface area contributed by atoms with Crippen molar-refractivity contribution < 1.29 is 4.42 Å². The van der Waals surface area contributed by atoms with Crippen LogP contribution in [0.15, 0.2) is 235 Å². The van der Waals surface area contributed by atoms with E-state index in [4.69, 9.17) is 4.42 Å². The highest BCUT2D eigenvalue weighted by Crippen LogP contribution is 2.51. The Morgan fingerprint density at radius 3 is 1.75 bits per heavy atom. The topological polar surface area (TPSA) is 21.3 Å². The molecule has 2 heterocycles. The lowest BCUT2D eigenvalue weighted by Crippen LogP contribution is -2.14. The lowest BCUT2D eigenvalue weighted by Gasteiger charge is -2.28. The molecule has 0 radical (unpaired) electrons. The van der Waals surface area contributed by atoms with Crippen LogP contribution in [0.4, 0.5) is 17.1 Å². The summed E-state index contributed by atoms with van der Waals surface area (Å²) in [5.41, 5.74) is 18.2. The van der Waals surface area contributed by atoms with E-state index in [0.29, 0.717) is 0 Å². The molecule has 0 saturated carbocycles. The van der Waals surface area contributed by atoms with Crippen molar-refractivity contribution in [2.75, 3.05) is 4.90 Å². The van der Waals surface area contributed by atoms with E-state index in [1.165, 1.54) is 76.7 Å². The molecule has 0 atom stereocenters. The molecule has 0 bridgehead atoms. The molecule has 2 aromatic heterocycles. The monoisotopic (exact) mass is 868 g/mol. The maximum Gasteiger partial charge on any atom is 0.143 e. The summed E-state index contributed by atoms with van der Waals surface area (Å²) < 4.78 is 9.39. The highest BCUT2D eigenvalue weighted by molar-refractivity contribution is 6.17. The number of furan rings is 1. The number of benzene rings is 11. The van der Waals surface area contributed by atoms with Crippen LogP contribution >= 0.6 is 0 Å². The Bertz CT molecular complexity index is 4130. The molecule has 0 aliphatic heterocycles. The van der Waals surface area contributed by atoms with E-state index in [0.717, 1.165) is 55.8 Å². The highest BCUT2D eigenvalue weighted by atomic mass is 16.3. The molecule has 3 nitrogen and oxygen atoms in total. The van der Waals surface area contributed by atoms with Crippen molar-refractivity contribution in [1.82, 2.24) is 4.57 Å². The lowest BCUT2D eigenvalue weighted by atomic mass is 9.81. The van der Waals surface area contributed by atoms with Gasteiger partial charge in [0.05, 0.1) is 22.4 Å². The summed E-state index contributed by atoms with van der Waals surface area (Å²) in [6, 6.07) is 84.5. The lowest BCUT2D eigenvalue weighted by molar-refractivity contribution is 0.660. The molecule has 11 aromatic carbocycles. The predicted octanol–water partition coefficient (Wildman–Crippen LogP) is 18.1. The number of hydrogen-bond acceptors (Lipinski definition) is 2. The van der Waals surface area contributed by atoms with Crippen LogP contribution in [0.3, 0.4) is 0 Å². The summed E-state index contributed by atoms with van der Waals surface area (Å²) in [5.74, 6) is 0. The van der Waals surface area contributed by atoms with Gasteiger partial charge in [0.15, 0.2) is 0 Å². The summed E-state index contributed by atoms with van der Waals surface area (Å²) in [6.07, 6.45) is 0. The van der Waals surface area contributed by atoms with Gasteiger partial charge in [-0.15, -0.1) is 0 Å². The molecule has 0 N–H and O–H groups in total. The highest BCUT2D eigenvalue weighted by Gasteiger charge is 2.35. The van der Waals surface area contributed by atoms with Crippen molar-refractivity contribution in [2.45, 2.75) is 19.3 Å². The van der Waals surface area contributed by atoms with Gasteiger partial charge in [-0.05, 0) is 110 Å². The first kappa shape index (κ1) is 38.6. The normalized spacial score (nSPS) is 13.0. The van der Waals surface area contributed by atoms with Gasteiger partial charge in [-0.25, -0.2) is 0 Å². The van der Waals surface area contributed by atoms with E-state index in [1.54, 1.807) is 0 Å². The van der Waals surface area contributed by atoms with Crippen molar-refractivity contribution in [3.63, 3.8) is 0 Å². The molecular weight excluding hydrogens is 825 g/mol. The van der Waals surface area contributed by atoms with Crippen molar-refractivity contribution in [3.05, 3.63) is 242 Å². The maximum absolute atomic E-state index is 6.96. The summed E-state index contributed by atoms with van der Waals surface area (Å²) >= 11 is 0. The van der Waals surface area contributed by atoms with Gasteiger partial charge >= 0.3 is 0 Å². The SMILES string of the molecule is CC1(C)c2ccccc2-c2ccc(-c3ccc(N(c4cc(-c5ccccc5-n5c6ccccc6c6ccccc65)c5oc6ccccc6c5c4)c4cc5ccccc5c5ccccc45)cc3)cc21. The zero-order valence-corrected chi connectivity index (χ0v) is 37.7. The molecule has 1 aliphatic carbocycles. The zero-order valence-electron chi connectivity index (χ0n) is 37.7. The molecule has 0 unspecified atom stereocenters. The van der Waals surface area contributed by atoms with Crippen LogP contribution in [0, 0.1) is 0 Å². The number of anilines is 3.